The van der Waals surface area contributed by atoms with E-state index in [1.54, 1.807) is 36.4 Å². The highest BCUT2D eigenvalue weighted by Crippen LogP contribution is 2.26. The zero-order valence-electron chi connectivity index (χ0n) is 16.4. The van der Waals surface area contributed by atoms with Gasteiger partial charge >= 0.3 is 6.09 Å². The number of halogens is 1. The van der Waals surface area contributed by atoms with Gasteiger partial charge < -0.3 is 14.8 Å². The van der Waals surface area contributed by atoms with Gasteiger partial charge in [0.25, 0.3) is 5.91 Å². The van der Waals surface area contributed by atoms with E-state index < -0.39 is 6.09 Å². The number of nitrogens with zero attached hydrogens (tertiary/aromatic N) is 1. The Labute approximate surface area is 172 Å². The molecule has 3 rings (SSSR count). The van der Waals surface area contributed by atoms with E-state index in [-0.39, 0.29) is 24.0 Å². The molecule has 0 aliphatic heterocycles. The van der Waals surface area contributed by atoms with Gasteiger partial charge in [0.05, 0.1) is 0 Å². The molecule has 0 unspecified atom stereocenters. The monoisotopic (exact) mass is 409 g/mol. The molecule has 2 amide bonds. The molecule has 154 valence electrons. The number of aryl methyl sites for hydroxylation is 1. The molecular formula is C22H20FN3O4. The van der Waals surface area contributed by atoms with E-state index in [1.807, 2.05) is 6.92 Å². The minimum Gasteiger partial charge on any atom is -0.457 e. The van der Waals surface area contributed by atoms with Gasteiger partial charge in [0, 0.05) is 25.0 Å². The summed E-state index contributed by atoms with van der Waals surface area (Å²) in [6.45, 7) is 1.84. The molecule has 0 bridgehead atoms. The van der Waals surface area contributed by atoms with E-state index in [2.05, 4.69) is 15.6 Å². The number of anilines is 1. The molecule has 8 heteroatoms. The van der Waals surface area contributed by atoms with Crippen LogP contribution in [0, 0.1) is 12.7 Å². The number of rotatable bonds is 6. The predicted molar refractivity (Wildman–Crippen MR) is 109 cm³/mol. The molecular weight excluding hydrogens is 389 g/mol. The Balaban J connectivity index is 1.60. The number of hydrogen-bond acceptors (Lipinski definition) is 5. The van der Waals surface area contributed by atoms with Crippen molar-refractivity contribution in [3.05, 3.63) is 83.4 Å². The molecule has 3 aromatic rings. The molecule has 30 heavy (non-hydrogen) atoms. The van der Waals surface area contributed by atoms with E-state index in [1.165, 1.54) is 31.4 Å². The van der Waals surface area contributed by atoms with Crippen molar-refractivity contribution in [2.75, 3.05) is 12.4 Å². The molecule has 0 fully saturated rings. The normalized spacial score (nSPS) is 10.2. The van der Waals surface area contributed by atoms with Crippen LogP contribution in [-0.2, 0) is 11.3 Å². The highest BCUT2D eigenvalue weighted by atomic mass is 19.1. The average Bonchev–Trinajstić information content (AvgIpc) is 2.75. The highest BCUT2D eigenvalue weighted by molar-refractivity contribution is 5.92. The molecule has 0 spiro atoms. The Morgan fingerprint density at radius 1 is 1.03 bits per heavy atom. The topological polar surface area (TPSA) is 89.6 Å². The van der Waals surface area contributed by atoms with Crippen molar-refractivity contribution in [3.63, 3.8) is 0 Å². The first kappa shape index (κ1) is 20.8. The summed E-state index contributed by atoms with van der Waals surface area (Å²) in [4.78, 5) is 27.7. The fourth-order valence-electron chi connectivity index (χ4n) is 2.58. The quantitative estimate of drug-likeness (QED) is 0.629. The van der Waals surface area contributed by atoms with Crippen LogP contribution in [0.1, 0.15) is 21.6 Å². The second kappa shape index (κ2) is 9.51. The van der Waals surface area contributed by atoms with Gasteiger partial charge in [0.1, 0.15) is 29.6 Å². The molecule has 2 aromatic carbocycles. The summed E-state index contributed by atoms with van der Waals surface area (Å²) >= 11 is 0. The lowest BCUT2D eigenvalue weighted by Gasteiger charge is -2.12. The Kier molecular flexibility index (Phi) is 6.59. The number of carbonyl (C=O) groups is 2. The number of nitrogens with one attached hydrogen (secondary N) is 2. The molecule has 0 saturated carbocycles. The fourth-order valence-corrected chi connectivity index (χ4v) is 2.58. The van der Waals surface area contributed by atoms with E-state index in [0.29, 0.717) is 22.7 Å². The third kappa shape index (κ3) is 5.54. The number of hydrogen-bond donors (Lipinski definition) is 2. The number of carbonyl (C=O) groups excluding carboxylic acids is 2. The first-order valence-corrected chi connectivity index (χ1v) is 9.09. The van der Waals surface area contributed by atoms with E-state index in [0.717, 1.165) is 5.56 Å². The lowest BCUT2D eigenvalue weighted by Crippen LogP contribution is -2.18. The Morgan fingerprint density at radius 3 is 2.47 bits per heavy atom. The highest BCUT2D eigenvalue weighted by Gasteiger charge is 2.10. The minimum atomic E-state index is -0.625. The SMILES string of the molecule is CNC(=O)c1cc(Oc2ccc(NC(=O)OCc3ccc(F)cc3)c(C)c2)ccn1. The Hall–Kier alpha value is -3.94. The maximum atomic E-state index is 12.9. The van der Waals surface area contributed by atoms with Gasteiger partial charge in [0.2, 0.25) is 0 Å². The molecule has 0 radical (unpaired) electrons. The van der Waals surface area contributed by atoms with Gasteiger partial charge in [-0.1, -0.05) is 12.1 Å². The van der Waals surface area contributed by atoms with Gasteiger partial charge in [-0.25, -0.2) is 9.18 Å². The van der Waals surface area contributed by atoms with E-state index in [4.69, 9.17) is 9.47 Å². The van der Waals surface area contributed by atoms with Crippen molar-refractivity contribution in [3.8, 4) is 11.5 Å². The van der Waals surface area contributed by atoms with Crippen molar-refractivity contribution < 1.29 is 23.5 Å². The molecule has 0 atom stereocenters. The van der Waals surface area contributed by atoms with Gasteiger partial charge in [-0.2, -0.15) is 0 Å². The number of benzene rings is 2. The summed E-state index contributed by atoms with van der Waals surface area (Å²) in [7, 11) is 1.53. The van der Waals surface area contributed by atoms with Gasteiger partial charge in [0.15, 0.2) is 0 Å². The maximum Gasteiger partial charge on any atom is 0.411 e. The van der Waals surface area contributed by atoms with Crippen LogP contribution < -0.4 is 15.4 Å². The second-order valence-electron chi connectivity index (χ2n) is 6.36. The Morgan fingerprint density at radius 2 is 1.77 bits per heavy atom. The standard InChI is InChI=1S/C22H20FN3O4/c1-14-11-17(30-18-9-10-25-20(12-18)21(27)24-2)7-8-19(14)26-22(28)29-13-15-3-5-16(23)6-4-15/h3-12H,13H2,1-2H3,(H,24,27)(H,26,28). The van der Waals surface area contributed by atoms with Crippen LogP contribution in [0.5, 0.6) is 11.5 Å². The summed E-state index contributed by atoms with van der Waals surface area (Å²) in [5, 5.41) is 5.17. The largest absolute Gasteiger partial charge is 0.457 e. The van der Waals surface area contributed by atoms with E-state index >= 15 is 0 Å². The third-order valence-corrected chi connectivity index (χ3v) is 4.14. The summed E-state index contributed by atoms with van der Waals surface area (Å²) in [6, 6.07) is 14.0. The maximum absolute atomic E-state index is 12.9. The third-order valence-electron chi connectivity index (χ3n) is 4.14. The molecule has 7 nitrogen and oxygen atoms in total. The first-order chi connectivity index (χ1) is 14.4. The van der Waals surface area contributed by atoms with Gasteiger partial charge in [-0.3, -0.25) is 15.1 Å². The minimum absolute atomic E-state index is 0.0298. The summed E-state index contributed by atoms with van der Waals surface area (Å²) in [5.41, 5.74) is 2.24. The van der Waals surface area contributed by atoms with Gasteiger partial charge in [-0.05, 0) is 54.4 Å². The first-order valence-electron chi connectivity index (χ1n) is 9.09. The summed E-state index contributed by atoms with van der Waals surface area (Å²) < 4.78 is 23.8. The van der Waals surface area contributed by atoms with Crippen LogP contribution in [-0.4, -0.2) is 24.0 Å². The predicted octanol–water partition coefficient (Wildman–Crippen LogP) is 4.43. The lowest BCUT2D eigenvalue weighted by atomic mass is 10.2. The zero-order chi connectivity index (χ0) is 21.5. The Bertz CT molecular complexity index is 1050. The smallest absolute Gasteiger partial charge is 0.411 e. The zero-order valence-corrected chi connectivity index (χ0v) is 16.4. The van der Waals surface area contributed by atoms with E-state index in [9.17, 15) is 14.0 Å². The molecule has 1 aromatic heterocycles. The van der Waals surface area contributed by atoms with Crippen LogP contribution in [0.25, 0.3) is 0 Å². The van der Waals surface area contributed by atoms with Crippen LogP contribution in [0.15, 0.2) is 60.8 Å². The summed E-state index contributed by atoms with van der Waals surface area (Å²) in [5.74, 6) is 0.335. The lowest BCUT2D eigenvalue weighted by molar-refractivity contribution is 0.0957. The number of aromatic nitrogens is 1. The molecule has 1 heterocycles. The van der Waals surface area contributed by atoms with Crippen LogP contribution >= 0.6 is 0 Å². The van der Waals surface area contributed by atoms with Crippen molar-refractivity contribution in [1.29, 1.82) is 0 Å². The van der Waals surface area contributed by atoms with Crippen molar-refractivity contribution >= 4 is 17.7 Å². The van der Waals surface area contributed by atoms with Crippen LogP contribution in [0.3, 0.4) is 0 Å². The van der Waals surface area contributed by atoms with Crippen molar-refractivity contribution in [1.82, 2.24) is 10.3 Å². The molecule has 0 aliphatic carbocycles. The number of pyridine rings is 1. The fraction of sp³-hybridized carbons (Fsp3) is 0.136. The van der Waals surface area contributed by atoms with Crippen molar-refractivity contribution in [2.24, 2.45) is 0 Å². The second-order valence-corrected chi connectivity index (χ2v) is 6.36. The van der Waals surface area contributed by atoms with Crippen LogP contribution in [0.2, 0.25) is 0 Å². The van der Waals surface area contributed by atoms with Gasteiger partial charge in [-0.15, -0.1) is 0 Å². The number of ether oxygens (including phenoxy) is 2. The number of amides is 2. The van der Waals surface area contributed by atoms with Crippen molar-refractivity contribution in [2.45, 2.75) is 13.5 Å². The van der Waals surface area contributed by atoms with Crippen LogP contribution in [0.4, 0.5) is 14.9 Å². The molecule has 2 N–H and O–H groups in total. The average molecular weight is 409 g/mol. The summed E-state index contributed by atoms with van der Waals surface area (Å²) in [6.07, 6.45) is 0.861. The molecule has 0 saturated heterocycles. The molecule has 0 aliphatic rings.